The summed E-state index contributed by atoms with van der Waals surface area (Å²) in [6.07, 6.45) is 6.20. The van der Waals surface area contributed by atoms with E-state index in [1.165, 1.54) is 7.11 Å². The van der Waals surface area contributed by atoms with Crippen molar-refractivity contribution in [1.29, 1.82) is 0 Å². The van der Waals surface area contributed by atoms with Gasteiger partial charge in [0.2, 0.25) is 0 Å². The van der Waals surface area contributed by atoms with Gasteiger partial charge < -0.3 is 20.4 Å². The number of carbonyl (C=O) groups is 1. The Morgan fingerprint density at radius 1 is 1.50 bits per heavy atom. The number of hydrogen-bond acceptors (Lipinski definition) is 4. The molecule has 0 bridgehead atoms. The van der Waals surface area contributed by atoms with Crippen LogP contribution in [-0.4, -0.2) is 29.1 Å². The third-order valence-electron chi connectivity index (χ3n) is 2.93. The summed E-state index contributed by atoms with van der Waals surface area (Å²) in [5.74, 6) is 0.236. The van der Waals surface area contributed by atoms with E-state index in [0.29, 0.717) is 23.5 Å². The molecule has 106 valence electrons. The lowest BCUT2D eigenvalue weighted by Crippen LogP contribution is -2.25. The van der Waals surface area contributed by atoms with Crippen LogP contribution in [0.5, 0.6) is 5.75 Å². The van der Waals surface area contributed by atoms with E-state index in [4.69, 9.17) is 10.5 Å². The molecule has 2 aromatic rings. The second-order valence-corrected chi connectivity index (χ2v) is 4.34. The lowest BCUT2D eigenvalue weighted by molar-refractivity contribution is 0.0950. The van der Waals surface area contributed by atoms with E-state index in [-0.39, 0.29) is 5.91 Å². The molecule has 1 aromatic carbocycles. The van der Waals surface area contributed by atoms with Crippen LogP contribution in [0.4, 0.5) is 5.69 Å². The summed E-state index contributed by atoms with van der Waals surface area (Å²) >= 11 is 0. The smallest absolute Gasteiger partial charge is 0.255 e. The fourth-order valence-corrected chi connectivity index (χ4v) is 1.94. The number of hydrogen-bond donors (Lipinski definition) is 2. The normalized spacial score (nSPS) is 10.2. The number of amides is 1. The highest BCUT2D eigenvalue weighted by atomic mass is 16.5. The quantitative estimate of drug-likeness (QED) is 0.614. The number of rotatable bonds is 6. The number of nitrogens with two attached hydrogens (primary N) is 1. The van der Waals surface area contributed by atoms with Crippen molar-refractivity contribution in [3.05, 3.63) is 42.5 Å². The summed E-state index contributed by atoms with van der Waals surface area (Å²) < 4.78 is 7.13. The summed E-state index contributed by atoms with van der Waals surface area (Å²) in [6.45, 7) is 1.39. The minimum absolute atomic E-state index is 0.181. The molecule has 6 heteroatoms. The number of anilines is 1. The third-order valence-corrected chi connectivity index (χ3v) is 2.93. The highest BCUT2D eigenvalue weighted by molar-refractivity contribution is 5.98. The van der Waals surface area contributed by atoms with E-state index in [1.807, 2.05) is 10.8 Å². The van der Waals surface area contributed by atoms with Crippen molar-refractivity contribution in [2.45, 2.75) is 13.0 Å². The van der Waals surface area contributed by atoms with Gasteiger partial charge in [0.15, 0.2) is 5.75 Å². The monoisotopic (exact) mass is 274 g/mol. The van der Waals surface area contributed by atoms with Crippen LogP contribution in [0.25, 0.3) is 0 Å². The Labute approximate surface area is 117 Å². The summed E-state index contributed by atoms with van der Waals surface area (Å²) in [5.41, 5.74) is 6.68. The number of nitrogens with zero attached hydrogens (tertiary/aromatic N) is 2. The number of ether oxygens (including phenoxy) is 1. The zero-order valence-corrected chi connectivity index (χ0v) is 11.4. The molecule has 0 spiro atoms. The van der Waals surface area contributed by atoms with Gasteiger partial charge in [-0.1, -0.05) is 6.07 Å². The molecule has 0 aliphatic carbocycles. The van der Waals surface area contributed by atoms with Gasteiger partial charge in [-0.2, -0.15) is 0 Å². The van der Waals surface area contributed by atoms with E-state index in [9.17, 15) is 4.79 Å². The Morgan fingerprint density at radius 2 is 2.35 bits per heavy atom. The van der Waals surface area contributed by atoms with E-state index < -0.39 is 0 Å². The van der Waals surface area contributed by atoms with Gasteiger partial charge in [0.25, 0.3) is 5.91 Å². The maximum Gasteiger partial charge on any atom is 0.255 e. The Hall–Kier alpha value is -2.50. The summed E-state index contributed by atoms with van der Waals surface area (Å²) in [6, 6.07) is 5.13. The number of nitrogen functional groups attached to an aromatic ring is 1. The van der Waals surface area contributed by atoms with Crippen LogP contribution >= 0.6 is 0 Å². The highest BCUT2D eigenvalue weighted by Gasteiger charge is 2.13. The molecule has 2 rings (SSSR count). The minimum Gasteiger partial charge on any atom is -0.494 e. The van der Waals surface area contributed by atoms with Crippen molar-refractivity contribution < 1.29 is 9.53 Å². The molecule has 0 saturated heterocycles. The number of benzene rings is 1. The molecule has 20 heavy (non-hydrogen) atoms. The van der Waals surface area contributed by atoms with Gasteiger partial charge in [0.1, 0.15) is 0 Å². The molecule has 0 aliphatic rings. The van der Waals surface area contributed by atoms with Crippen LogP contribution in [0.3, 0.4) is 0 Å². The number of carbonyl (C=O) groups excluding carboxylic acids is 1. The second kappa shape index (κ2) is 6.60. The maximum absolute atomic E-state index is 12.1. The zero-order chi connectivity index (χ0) is 14.4. The molecule has 0 atom stereocenters. The molecule has 1 heterocycles. The first-order valence-electron chi connectivity index (χ1n) is 6.39. The van der Waals surface area contributed by atoms with Gasteiger partial charge in [-0.3, -0.25) is 4.79 Å². The standard InChI is InChI=1S/C14H18N4O2/c1-20-13-11(4-2-5-12(13)15)14(19)17-6-3-8-18-9-7-16-10-18/h2,4-5,7,9-10H,3,6,8,15H2,1H3,(H,17,19). The van der Waals surface area contributed by atoms with Crippen molar-refractivity contribution in [2.24, 2.45) is 0 Å². The van der Waals surface area contributed by atoms with E-state index in [2.05, 4.69) is 10.3 Å². The van der Waals surface area contributed by atoms with Crippen LogP contribution < -0.4 is 15.8 Å². The van der Waals surface area contributed by atoms with Gasteiger partial charge >= 0.3 is 0 Å². The Balaban J connectivity index is 1.87. The van der Waals surface area contributed by atoms with Gasteiger partial charge in [-0.25, -0.2) is 4.98 Å². The Kier molecular flexibility index (Phi) is 4.60. The number of aryl methyl sites for hydroxylation is 1. The first-order chi connectivity index (χ1) is 9.72. The van der Waals surface area contributed by atoms with Crippen LogP contribution in [0.2, 0.25) is 0 Å². The maximum atomic E-state index is 12.1. The van der Waals surface area contributed by atoms with Gasteiger partial charge in [-0.15, -0.1) is 0 Å². The number of nitrogens with one attached hydrogen (secondary N) is 1. The van der Waals surface area contributed by atoms with Gasteiger partial charge in [-0.05, 0) is 18.6 Å². The topological polar surface area (TPSA) is 82.2 Å². The average molecular weight is 274 g/mol. The average Bonchev–Trinajstić information content (AvgIpc) is 2.96. The zero-order valence-electron chi connectivity index (χ0n) is 11.4. The second-order valence-electron chi connectivity index (χ2n) is 4.34. The van der Waals surface area contributed by atoms with Crippen molar-refractivity contribution >= 4 is 11.6 Å². The predicted molar refractivity (Wildman–Crippen MR) is 76.6 cm³/mol. The molecule has 0 fully saturated rings. The largest absolute Gasteiger partial charge is 0.494 e. The van der Waals surface area contributed by atoms with Crippen LogP contribution in [-0.2, 0) is 6.54 Å². The number of methoxy groups -OCH3 is 1. The SMILES string of the molecule is COc1c(N)cccc1C(=O)NCCCn1ccnc1. The Bertz CT molecular complexity index is 567. The van der Waals surface area contributed by atoms with Gasteiger partial charge in [0.05, 0.1) is 24.7 Å². The van der Waals surface area contributed by atoms with Crippen molar-refractivity contribution in [3.63, 3.8) is 0 Å². The van der Waals surface area contributed by atoms with E-state index >= 15 is 0 Å². The molecule has 0 aliphatic heterocycles. The fourth-order valence-electron chi connectivity index (χ4n) is 1.94. The molecule has 3 N–H and O–H groups in total. The molecule has 0 unspecified atom stereocenters. The van der Waals surface area contributed by atoms with E-state index in [0.717, 1.165) is 13.0 Å². The molecule has 0 saturated carbocycles. The predicted octanol–water partition coefficient (Wildman–Crippen LogP) is 1.29. The van der Waals surface area contributed by atoms with Crippen molar-refractivity contribution in [3.8, 4) is 5.75 Å². The van der Waals surface area contributed by atoms with Crippen molar-refractivity contribution in [1.82, 2.24) is 14.9 Å². The number of para-hydroxylation sites is 1. The van der Waals surface area contributed by atoms with Crippen LogP contribution in [0.15, 0.2) is 36.9 Å². The summed E-state index contributed by atoms with van der Waals surface area (Å²) in [5, 5.41) is 2.86. The highest BCUT2D eigenvalue weighted by Crippen LogP contribution is 2.25. The molecular formula is C14H18N4O2. The van der Waals surface area contributed by atoms with Gasteiger partial charge in [0, 0.05) is 25.5 Å². The molecule has 0 radical (unpaired) electrons. The fraction of sp³-hybridized carbons (Fsp3) is 0.286. The van der Waals surface area contributed by atoms with Crippen molar-refractivity contribution in [2.75, 3.05) is 19.4 Å². The lowest BCUT2D eigenvalue weighted by Gasteiger charge is -2.11. The first kappa shape index (κ1) is 13.9. The minimum atomic E-state index is -0.181. The number of imidazole rings is 1. The first-order valence-corrected chi connectivity index (χ1v) is 6.39. The number of aromatic nitrogens is 2. The molecule has 1 amide bonds. The summed E-state index contributed by atoms with van der Waals surface area (Å²) in [7, 11) is 1.50. The summed E-state index contributed by atoms with van der Waals surface area (Å²) in [4.78, 5) is 16.0. The molecule has 1 aromatic heterocycles. The lowest BCUT2D eigenvalue weighted by atomic mass is 10.1. The van der Waals surface area contributed by atoms with E-state index in [1.54, 1.807) is 30.7 Å². The molecule has 6 nitrogen and oxygen atoms in total. The van der Waals surface area contributed by atoms with Crippen LogP contribution in [0.1, 0.15) is 16.8 Å². The third kappa shape index (κ3) is 3.28. The Morgan fingerprint density at radius 3 is 3.05 bits per heavy atom. The molecular weight excluding hydrogens is 256 g/mol. The van der Waals surface area contributed by atoms with Crippen LogP contribution in [0, 0.1) is 0 Å².